The smallest absolute Gasteiger partial charge is 0.163 e. The average molecular weight is 671 g/mol. The Morgan fingerprint density at radius 3 is 2.16 bits per heavy atom. The minimum Gasteiger partial charge on any atom is -0.295 e. The van der Waals surface area contributed by atoms with Gasteiger partial charge in [0.1, 0.15) is 17.0 Å². The van der Waals surface area contributed by atoms with E-state index >= 15 is 0 Å². The summed E-state index contributed by atoms with van der Waals surface area (Å²) < 4.78 is 3.22. The molecule has 4 heterocycles. The Kier molecular flexibility index (Phi) is 8.21. The molecule has 0 aliphatic heterocycles. The van der Waals surface area contributed by atoms with Crippen LogP contribution in [-0.2, 0) is 0 Å². The van der Waals surface area contributed by atoms with E-state index in [0.29, 0.717) is 11.8 Å². The van der Waals surface area contributed by atoms with Crippen LogP contribution in [0.5, 0.6) is 0 Å². The first-order valence-electron chi connectivity index (χ1n) is 17.1. The van der Waals surface area contributed by atoms with Crippen molar-refractivity contribution in [3.05, 3.63) is 144 Å². The molecule has 8 aromatic rings. The number of aryl methyl sites for hydroxylation is 1. The van der Waals surface area contributed by atoms with E-state index in [0.717, 1.165) is 56.0 Å². The summed E-state index contributed by atoms with van der Waals surface area (Å²) in [5.41, 5.74) is 9.64. The highest BCUT2D eigenvalue weighted by Crippen LogP contribution is 2.41. The molecule has 6 nitrogen and oxygen atoms in total. The SMILES string of the molecule is Cc1ccc2c(n1)sc1c(-c3cccc(N(c4ccccc4)c4cccc(-c5ncnn5-c5c(C(C)C)cccc5C(C)C)c4)n3)cccc12. The lowest BCUT2D eigenvalue weighted by Crippen LogP contribution is -2.12. The molecular weight excluding hydrogens is 633 g/mol. The Morgan fingerprint density at radius 1 is 0.660 bits per heavy atom. The number of rotatable bonds is 8. The van der Waals surface area contributed by atoms with Crippen LogP contribution in [0.1, 0.15) is 56.4 Å². The van der Waals surface area contributed by atoms with Crippen LogP contribution in [0.15, 0.2) is 128 Å². The number of hydrogen-bond acceptors (Lipinski definition) is 6. The zero-order valence-electron chi connectivity index (χ0n) is 28.9. The lowest BCUT2D eigenvalue weighted by Gasteiger charge is -2.25. The monoisotopic (exact) mass is 670 g/mol. The summed E-state index contributed by atoms with van der Waals surface area (Å²) in [6.45, 7) is 11.0. The van der Waals surface area contributed by atoms with Gasteiger partial charge in [-0.3, -0.25) is 4.90 Å². The summed E-state index contributed by atoms with van der Waals surface area (Å²) >= 11 is 1.73. The Labute approximate surface area is 296 Å². The predicted molar refractivity (Wildman–Crippen MR) is 208 cm³/mol. The minimum atomic E-state index is 0.331. The number of benzene rings is 4. The quantitative estimate of drug-likeness (QED) is 0.161. The van der Waals surface area contributed by atoms with E-state index in [-0.39, 0.29) is 0 Å². The van der Waals surface area contributed by atoms with Gasteiger partial charge in [0.2, 0.25) is 0 Å². The molecule has 4 aromatic carbocycles. The van der Waals surface area contributed by atoms with E-state index in [1.807, 2.05) is 17.7 Å². The summed E-state index contributed by atoms with van der Waals surface area (Å²) in [4.78, 5) is 18.3. The Morgan fingerprint density at radius 2 is 1.38 bits per heavy atom. The molecule has 4 aromatic heterocycles. The summed E-state index contributed by atoms with van der Waals surface area (Å²) in [5, 5.41) is 7.19. The van der Waals surface area contributed by atoms with Crippen molar-refractivity contribution in [2.24, 2.45) is 0 Å². The second-order valence-electron chi connectivity index (χ2n) is 13.3. The lowest BCUT2D eigenvalue weighted by atomic mass is 9.92. The maximum Gasteiger partial charge on any atom is 0.163 e. The van der Waals surface area contributed by atoms with Crippen LogP contribution in [0.2, 0.25) is 0 Å². The highest BCUT2D eigenvalue weighted by Gasteiger charge is 2.22. The molecule has 0 amide bonds. The molecule has 246 valence electrons. The fraction of sp³-hybridized carbons (Fsp3) is 0.163. The molecule has 8 rings (SSSR count). The van der Waals surface area contributed by atoms with Crippen molar-refractivity contribution >= 4 is 48.8 Å². The molecule has 0 atom stereocenters. The fourth-order valence-electron chi connectivity index (χ4n) is 6.80. The van der Waals surface area contributed by atoms with Crippen molar-refractivity contribution in [1.82, 2.24) is 24.7 Å². The van der Waals surface area contributed by atoms with Crippen molar-refractivity contribution < 1.29 is 0 Å². The first kappa shape index (κ1) is 31.6. The van der Waals surface area contributed by atoms with Crippen LogP contribution in [-0.4, -0.2) is 24.7 Å². The van der Waals surface area contributed by atoms with Gasteiger partial charge in [0, 0.05) is 43.7 Å². The Bertz CT molecular complexity index is 2450. The van der Waals surface area contributed by atoms with Crippen LogP contribution >= 0.6 is 11.3 Å². The van der Waals surface area contributed by atoms with Gasteiger partial charge < -0.3 is 0 Å². The van der Waals surface area contributed by atoms with E-state index in [4.69, 9.17) is 20.1 Å². The average Bonchev–Trinajstić information content (AvgIpc) is 3.77. The molecule has 50 heavy (non-hydrogen) atoms. The van der Waals surface area contributed by atoms with E-state index in [1.165, 1.54) is 26.6 Å². The van der Waals surface area contributed by atoms with Crippen LogP contribution in [0, 0.1) is 6.92 Å². The zero-order valence-corrected chi connectivity index (χ0v) is 29.7. The molecule has 7 heteroatoms. The summed E-state index contributed by atoms with van der Waals surface area (Å²) in [6, 6.07) is 42.5. The van der Waals surface area contributed by atoms with Gasteiger partial charge >= 0.3 is 0 Å². The first-order valence-corrected chi connectivity index (χ1v) is 17.9. The fourth-order valence-corrected chi connectivity index (χ4v) is 8.05. The van der Waals surface area contributed by atoms with Gasteiger partial charge in [0.15, 0.2) is 5.82 Å². The molecule has 0 aliphatic rings. The van der Waals surface area contributed by atoms with Gasteiger partial charge in [-0.15, -0.1) is 11.3 Å². The third kappa shape index (κ3) is 5.63. The third-order valence-electron chi connectivity index (χ3n) is 9.22. The molecule has 0 saturated heterocycles. The standard InChI is InChI=1S/C43H38N6S/c1-27(2)33-17-10-18-34(28(3)4)40(33)49-42(44-26-45-49)30-13-9-16-32(25-30)48(31-14-7-6-8-15-31)39-22-12-21-38(47-39)37-20-11-19-35-36-24-23-29(5)46-43(36)50-41(35)37/h6-28H,1-5H3. The maximum atomic E-state index is 5.33. The maximum absolute atomic E-state index is 5.33. The molecule has 0 bridgehead atoms. The number of pyridine rings is 2. The van der Waals surface area contributed by atoms with E-state index < -0.39 is 0 Å². The molecule has 0 saturated carbocycles. The number of thiophene rings is 1. The van der Waals surface area contributed by atoms with Gasteiger partial charge in [0.25, 0.3) is 0 Å². The van der Waals surface area contributed by atoms with E-state index in [9.17, 15) is 0 Å². The number of aromatic nitrogens is 5. The van der Waals surface area contributed by atoms with Crippen LogP contribution in [0.25, 0.3) is 48.6 Å². The van der Waals surface area contributed by atoms with Gasteiger partial charge in [0.05, 0.1) is 11.4 Å². The van der Waals surface area contributed by atoms with Crippen molar-refractivity contribution in [2.45, 2.75) is 46.5 Å². The Hall–Kier alpha value is -5.66. The minimum absolute atomic E-state index is 0.331. The normalized spacial score (nSPS) is 11.7. The molecular formula is C43H38N6S. The first-order chi connectivity index (χ1) is 24.4. The molecule has 0 aliphatic carbocycles. The highest BCUT2D eigenvalue weighted by atomic mass is 32.1. The molecule has 0 N–H and O–H groups in total. The van der Waals surface area contributed by atoms with E-state index in [2.05, 4.69) is 148 Å². The predicted octanol–water partition coefficient (Wildman–Crippen LogP) is 11.8. The highest BCUT2D eigenvalue weighted by molar-refractivity contribution is 7.26. The molecule has 0 fully saturated rings. The van der Waals surface area contributed by atoms with Crippen LogP contribution in [0.3, 0.4) is 0 Å². The van der Waals surface area contributed by atoms with Crippen LogP contribution in [0.4, 0.5) is 17.2 Å². The number of anilines is 3. The van der Waals surface area contributed by atoms with Crippen molar-refractivity contribution in [1.29, 1.82) is 0 Å². The lowest BCUT2D eigenvalue weighted by molar-refractivity contribution is 0.773. The van der Waals surface area contributed by atoms with Gasteiger partial charge in [-0.2, -0.15) is 5.10 Å². The summed E-state index contributed by atoms with van der Waals surface area (Å²) in [5.74, 6) is 2.29. The number of fused-ring (bicyclic) bond motifs is 3. The second kappa shape index (κ2) is 13.0. The van der Waals surface area contributed by atoms with Crippen molar-refractivity contribution in [2.75, 3.05) is 4.90 Å². The molecule has 0 unspecified atom stereocenters. The number of hydrogen-bond donors (Lipinski definition) is 0. The Balaban J connectivity index is 1.26. The third-order valence-corrected chi connectivity index (χ3v) is 10.4. The van der Waals surface area contributed by atoms with Crippen molar-refractivity contribution in [3.8, 4) is 28.3 Å². The summed E-state index contributed by atoms with van der Waals surface area (Å²) in [6.07, 6.45) is 1.66. The van der Waals surface area contributed by atoms with Gasteiger partial charge in [-0.1, -0.05) is 100 Å². The molecule has 0 spiro atoms. The topological polar surface area (TPSA) is 59.7 Å². The van der Waals surface area contributed by atoms with Crippen LogP contribution < -0.4 is 4.90 Å². The van der Waals surface area contributed by atoms with Gasteiger partial charge in [-0.25, -0.2) is 19.6 Å². The van der Waals surface area contributed by atoms with Gasteiger partial charge in [-0.05, 0) is 78.4 Å². The van der Waals surface area contributed by atoms with Crippen molar-refractivity contribution in [3.63, 3.8) is 0 Å². The second-order valence-corrected chi connectivity index (χ2v) is 14.3. The van der Waals surface area contributed by atoms with E-state index in [1.54, 1.807) is 17.7 Å². The summed E-state index contributed by atoms with van der Waals surface area (Å²) in [7, 11) is 0. The number of nitrogens with zero attached hydrogens (tertiary/aromatic N) is 6. The zero-order chi connectivity index (χ0) is 34.4. The largest absolute Gasteiger partial charge is 0.295 e. The number of para-hydroxylation sites is 2. The molecule has 0 radical (unpaired) electrons.